The quantitative estimate of drug-likeness (QED) is 0.445. The number of nitrogens with zero attached hydrogens (tertiary/aromatic N) is 2. The van der Waals surface area contributed by atoms with Crippen LogP contribution in [0.1, 0.15) is 0 Å². The second-order valence-corrected chi connectivity index (χ2v) is 5.39. The highest BCUT2D eigenvalue weighted by Gasteiger charge is 2.05. The van der Waals surface area contributed by atoms with Gasteiger partial charge in [0, 0.05) is 5.39 Å². The van der Waals surface area contributed by atoms with Gasteiger partial charge in [0.15, 0.2) is 0 Å². The Kier molecular flexibility index (Phi) is 3.24. The van der Waals surface area contributed by atoms with Crippen LogP contribution in [0.25, 0.3) is 21.5 Å². The maximum Gasteiger partial charge on any atom is 0.143 e. The van der Waals surface area contributed by atoms with Crippen molar-refractivity contribution in [2.24, 2.45) is 10.2 Å². The zero-order chi connectivity index (χ0) is 15.6. The van der Waals surface area contributed by atoms with Crippen LogP contribution < -0.4 is 0 Å². The molecular formula is C20H14N2O. The number of aromatic hydroxyl groups is 1. The van der Waals surface area contributed by atoms with Crippen LogP contribution in [-0.4, -0.2) is 5.11 Å². The van der Waals surface area contributed by atoms with Crippen molar-refractivity contribution >= 4 is 32.9 Å². The summed E-state index contributed by atoms with van der Waals surface area (Å²) in [5.41, 5.74) is 1.26. The highest BCUT2D eigenvalue weighted by molar-refractivity contribution is 5.95. The highest BCUT2D eigenvalue weighted by atomic mass is 16.3. The summed E-state index contributed by atoms with van der Waals surface area (Å²) in [5, 5.41) is 22.9. The van der Waals surface area contributed by atoms with E-state index in [2.05, 4.69) is 16.3 Å². The van der Waals surface area contributed by atoms with Crippen LogP contribution in [0.5, 0.6) is 5.75 Å². The summed E-state index contributed by atoms with van der Waals surface area (Å²) in [7, 11) is 0. The van der Waals surface area contributed by atoms with Gasteiger partial charge in [-0.05, 0) is 34.4 Å². The fraction of sp³-hybridized carbons (Fsp3) is 0. The molecule has 0 radical (unpaired) electrons. The Balaban J connectivity index is 1.79. The van der Waals surface area contributed by atoms with Gasteiger partial charge < -0.3 is 5.11 Å². The van der Waals surface area contributed by atoms with E-state index in [9.17, 15) is 5.11 Å². The van der Waals surface area contributed by atoms with Crippen molar-refractivity contribution < 1.29 is 5.11 Å². The third-order valence-electron chi connectivity index (χ3n) is 3.88. The van der Waals surface area contributed by atoms with Crippen LogP contribution in [0, 0.1) is 0 Å². The highest BCUT2D eigenvalue weighted by Crippen LogP contribution is 2.36. The average Bonchev–Trinajstić information content (AvgIpc) is 2.61. The number of phenolic OH excluding ortho intramolecular Hbond substituents is 1. The van der Waals surface area contributed by atoms with E-state index in [0.29, 0.717) is 5.69 Å². The molecule has 1 N–H and O–H groups in total. The first-order valence-corrected chi connectivity index (χ1v) is 7.42. The van der Waals surface area contributed by atoms with Gasteiger partial charge in [0.05, 0.1) is 5.69 Å². The molecule has 110 valence electrons. The predicted octanol–water partition coefficient (Wildman–Crippen LogP) is 6.11. The molecule has 0 spiro atoms. The molecule has 0 unspecified atom stereocenters. The van der Waals surface area contributed by atoms with Gasteiger partial charge in [-0.2, -0.15) is 5.11 Å². The standard InChI is InChI=1S/C20H14N2O/c23-19-12-10-15-6-3-4-8-18(15)20(19)22-21-17-11-9-14-5-1-2-7-16(14)13-17/h1-13,23H. The monoisotopic (exact) mass is 298 g/mol. The molecule has 0 fully saturated rings. The fourth-order valence-corrected chi connectivity index (χ4v) is 2.70. The number of rotatable bonds is 2. The predicted molar refractivity (Wildman–Crippen MR) is 93.7 cm³/mol. The second kappa shape index (κ2) is 5.54. The molecule has 3 nitrogen and oxygen atoms in total. The van der Waals surface area contributed by atoms with Crippen molar-refractivity contribution in [3.63, 3.8) is 0 Å². The van der Waals surface area contributed by atoms with E-state index in [1.54, 1.807) is 6.07 Å². The topological polar surface area (TPSA) is 45.0 Å². The summed E-state index contributed by atoms with van der Waals surface area (Å²) in [4.78, 5) is 0. The van der Waals surface area contributed by atoms with Crippen LogP contribution in [0.2, 0.25) is 0 Å². The summed E-state index contributed by atoms with van der Waals surface area (Å²) in [6.07, 6.45) is 0. The summed E-state index contributed by atoms with van der Waals surface area (Å²) < 4.78 is 0. The second-order valence-electron chi connectivity index (χ2n) is 5.39. The van der Waals surface area contributed by atoms with Crippen LogP contribution in [0.3, 0.4) is 0 Å². The molecule has 0 bridgehead atoms. The van der Waals surface area contributed by atoms with Gasteiger partial charge in [-0.1, -0.05) is 60.7 Å². The molecule has 0 heterocycles. The minimum atomic E-state index is 0.133. The first-order chi connectivity index (χ1) is 11.3. The smallest absolute Gasteiger partial charge is 0.143 e. The van der Waals surface area contributed by atoms with E-state index < -0.39 is 0 Å². The van der Waals surface area contributed by atoms with Crippen LogP contribution in [0.4, 0.5) is 11.4 Å². The fourth-order valence-electron chi connectivity index (χ4n) is 2.70. The van der Waals surface area contributed by atoms with E-state index in [-0.39, 0.29) is 5.75 Å². The minimum Gasteiger partial charge on any atom is -0.506 e. The van der Waals surface area contributed by atoms with E-state index in [1.807, 2.05) is 66.7 Å². The van der Waals surface area contributed by atoms with Gasteiger partial charge in [-0.15, -0.1) is 5.11 Å². The number of hydrogen-bond acceptors (Lipinski definition) is 3. The lowest BCUT2D eigenvalue weighted by Gasteiger charge is -2.03. The van der Waals surface area contributed by atoms with Crippen molar-refractivity contribution in [2.75, 3.05) is 0 Å². The zero-order valence-electron chi connectivity index (χ0n) is 12.3. The third-order valence-corrected chi connectivity index (χ3v) is 3.88. The van der Waals surface area contributed by atoms with Crippen LogP contribution in [-0.2, 0) is 0 Å². The molecule has 0 aliphatic heterocycles. The largest absolute Gasteiger partial charge is 0.506 e. The van der Waals surface area contributed by atoms with Crippen molar-refractivity contribution in [2.45, 2.75) is 0 Å². The minimum absolute atomic E-state index is 0.133. The molecule has 0 aromatic heterocycles. The molecule has 23 heavy (non-hydrogen) atoms. The molecule has 4 aromatic carbocycles. The van der Waals surface area contributed by atoms with E-state index in [0.717, 1.165) is 21.8 Å². The Labute approximate surface area is 133 Å². The lowest BCUT2D eigenvalue weighted by molar-refractivity contribution is 0.477. The van der Waals surface area contributed by atoms with E-state index in [1.165, 1.54) is 5.39 Å². The van der Waals surface area contributed by atoms with E-state index in [4.69, 9.17) is 0 Å². The third kappa shape index (κ3) is 2.53. The molecule has 3 heteroatoms. The van der Waals surface area contributed by atoms with Crippen molar-refractivity contribution in [1.82, 2.24) is 0 Å². The van der Waals surface area contributed by atoms with Gasteiger partial charge in [0.25, 0.3) is 0 Å². The lowest BCUT2D eigenvalue weighted by Crippen LogP contribution is -1.75. The number of fused-ring (bicyclic) bond motifs is 2. The summed E-state index contributed by atoms with van der Waals surface area (Å²) in [6, 6.07) is 25.4. The Morgan fingerprint density at radius 2 is 1.30 bits per heavy atom. The molecule has 0 saturated heterocycles. The van der Waals surface area contributed by atoms with Crippen LogP contribution >= 0.6 is 0 Å². The normalized spacial score (nSPS) is 11.5. The van der Waals surface area contributed by atoms with Crippen molar-refractivity contribution in [3.8, 4) is 5.75 Å². The van der Waals surface area contributed by atoms with Crippen LogP contribution in [0.15, 0.2) is 89.1 Å². The molecule has 0 saturated carbocycles. The maximum atomic E-state index is 10.1. The Morgan fingerprint density at radius 3 is 2.17 bits per heavy atom. The van der Waals surface area contributed by atoms with Gasteiger partial charge in [0.2, 0.25) is 0 Å². The molecule has 4 aromatic rings. The van der Waals surface area contributed by atoms with Gasteiger partial charge >= 0.3 is 0 Å². The van der Waals surface area contributed by atoms with Gasteiger partial charge in [-0.3, -0.25) is 0 Å². The summed E-state index contributed by atoms with van der Waals surface area (Å²) in [6.45, 7) is 0. The SMILES string of the molecule is Oc1ccc2ccccc2c1N=Nc1ccc2ccccc2c1. The number of azo groups is 1. The van der Waals surface area contributed by atoms with E-state index >= 15 is 0 Å². The summed E-state index contributed by atoms with van der Waals surface area (Å²) >= 11 is 0. The summed E-state index contributed by atoms with van der Waals surface area (Å²) in [5.74, 6) is 0.133. The van der Waals surface area contributed by atoms with Gasteiger partial charge in [0.1, 0.15) is 11.4 Å². The molecule has 4 rings (SSSR count). The molecule has 0 amide bonds. The maximum absolute atomic E-state index is 10.1. The molecule has 0 aliphatic rings. The first kappa shape index (κ1) is 13.5. The number of hydrogen-bond donors (Lipinski definition) is 1. The Morgan fingerprint density at radius 1 is 0.609 bits per heavy atom. The first-order valence-electron chi connectivity index (χ1n) is 7.42. The molecule has 0 aliphatic carbocycles. The lowest BCUT2D eigenvalue weighted by atomic mass is 10.1. The Hall–Kier alpha value is -3.20. The van der Waals surface area contributed by atoms with Crippen molar-refractivity contribution in [1.29, 1.82) is 0 Å². The molecule has 0 atom stereocenters. The van der Waals surface area contributed by atoms with Gasteiger partial charge in [-0.25, -0.2) is 0 Å². The number of phenols is 1. The zero-order valence-corrected chi connectivity index (χ0v) is 12.3. The average molecular weight is 298 g/mol. The van der Waals surface area contributed by atoms with Crippen molar-refractivity contribution in [3.05, 3.63) is 78.9 Å². The molecular weight excluding hydrogens is 284 g/mol. The number of benzene rings is 4. The Bertz CT molecular complexity index is 1040.